The Balaban J connectivity index is 1.43. The van der Waals surface area contributed by atoms with Crippen molar-refractivity contribution in [3.63, 3.8) is 0 Å². The van der Waals surface area contributed by atoms with Crippen LogP contribution in [0.5, 0.6) is 0 Å². The van der Waals surface area contributed by atoms with Gasteiger partial charge < -0.3 is 16.0 Å². The molecule has 4 aromatic rings. The van der Waals surface area contributed by atoms with Gasteiger partial charge in [-0.1, -0.05) is 62.4 Å². The van der Waals surface area contributed by atoms with Crippen molar-refractivity contribution >= 4 is 46.9 Å². The van der Waals surface area contributed by atoms with Crippen LogP contribution in [0.25, 0.3) is 6.08 Å². The van der Waals surface area contributed by atoms with Crippen molar-refractivity contribution in [3.05, 3.63) is 131 Å². The minimum Gasteiger partial charge on any atom is -0.325 e. The van der Waals surface area contributed by atoms with E-state index in [-0.39, 0.29) is 11.4 Å². The number of carbonyl (C=O) groups excluding carboxylic acids is 3. The van der Waals surface area contributed by atoms with Crippen molar-refractivity contribution in [1.82, 2.24) is 5.32 Å². The van der Waals surface area contributed by atoms with Gasteiger partial charge in [0.05, 0.1) is 10.8 Å². The lowest BCUT2D eigenvalue weighted by Gasteiger charge is -2.14. The van der Waals surface area contributed by atoms with Crippen molar-refractivity contribution in [2.75, 3.05) is 10.6 Å². The number of halogens is 3. The van der Waals surface area contributed by atoms with Crippen LogP contribution in [0.1, 0.15) is 53.7 Å². The average Bonchev–Trinajstić information content (AvgIpc) is 3.02. The molecule has 0 aliphatic heterocycles. The summed E-state index contributed by atoms with van der Waals surface area (Å²) in [4.78, 5) is 39.6. The van der Waals surface area contributed by atoms with Gasteiger partial charge in [-0.2, -0.15) is 13.2 Å². The van der Waals surface area contributed by atoms with Gasteiger partial charge in [0.15, 0.2) is 0 Å². The van der Waals surface area contributed by atoms with Crippen LogP contribution in [0.3, 0.4) is 0 Å². The van der Waals surface area contributed by atoms with Crippen LogP contribution in [-0.4, -0.2) is 23.0 Å². The summed E-state index contributed by atoms with van der Waals surface area (Å²) >= 11 is 1.21. The van der Waals surface area contributed by atoms with E-state index < -0.39 is 34.7 Å². The van der Waals surface area contributed by atoms with Gasteiger partial charge in [0.2, 0.25) is 5.91 Å². The Bertz CT molecular complexity index is 1670. The van der Waals surface area contributed by atoms with Crippen molar-refractivity contribution in [2.24, 2.45) is 0 Å². The standard InChI is InChI=1S/C35H32F3N3O3S/c1-22(2)25-14-12-24(13-15-25)20-31(41-33(43)26-8-5-4-6-9-26)34(44)39-28-16-18-30(19-17-28)45-23(3)32(42)40-29-11-7-10-27(21-29)35(36,37)38/h4-23H,1-3H3,(H,39,44)(H,40,42)(H,41,43)/b31-20-. The van der Waals surface area contributed by atoms with Crippen molar-refractivity contribution in [1.29, 1.82) is 0 Å². The van der Waals surface area contributed by atoms with Crippen molar-refractivity contribution in [3.8, 4) is 0 Å². The quantitative estimate of drug-likeness (QED) is 0.121. The molecule has 10 heteroatoms. The Labute approximate surface area is 264 Å². The van der Waals surface area contributed by atoms with E-state index in [9.17, 15) is 27.6 Å². The molecule has 0 saturated heterocycles. The third-order valence-corrected chi connectivity index (χ3v) is 7.81. The SMILES string of the molecule is CC(Sc1ccc(NC(=O)/C(=C/c2ccc(C(C)C)cc2)NC(=O)c2ccccc2)cc1)C(=O)Nc1cccc(C(F)(F)F)c1. The fourth-order valence-corrected chi connectivity index (χ4v) is 5.04. The summed E-state index contributed by atoms with van der Waals surface area (Å²) in [5.41, 5.74) is 2.01. The molecule has 0 heterocycles. The highest BCUT2D eigenvalue weighted by Gasteiger charge is 2.30. The second-order valence-corrected chi connectivity index (χ2v) is 11.9. The van der Waals surface area contributed by atoms with E-state index >= 15 is 0 Å². The molecule has 3 amide bonds. The Kier molecular flexibility index (Phi) is 10.9. The highest BCUT2D eigenvalue weighted by molar-refractivity contribution is 8.00. The molecule has 1 unspecified atom stereocenters. The van der Waals surface area contributed by atoms with E-state index in [0.717, 1.165) is 23.3 Å². The molecule has 0 aliphatic carbocycles. The first kappa shape index (κ1) is 33.1. The second-order valence-electron chi connectivity index (χ2n) is 10.5. The average molecular weight is 632 g/mol. The molecular formula is C35H32F3N3O3S. The number of hydrogen-bond acceptors (Lipinski definition) is 4. The summed E-state index contributed by atoms with van der Waals surface area (Å²) in [5.74, 6) is -1.07. The van der Waals surface area contributed by atoms with Crippen LogP contribution in [0.2, 0.25) is 0 Å². The van der Waals surface area contributed by atoms with E-state index in [2.05, 4.69) is 29.8 Å². The lowest BCUT2D eigenvalue weighted by molar-refractivity contribution is -0.137. The number of benzene rings is 4. The zero-order valence-corrected chi connectivity index (χ0v) is 25.6. The monoisotopic (exact) mass is 631 g/mol. The molecule has 0 fully saturated rings. The predicted molar refractivity (Wildman–Crippen MR) is 173 cm³/mol. The molecule has 4 aromatic carbocycles. The number of thioether (sulfide) groups is 1. The topological polar surface area (TPSA) is 87.3 Å². The van der Waals surface area contributed by atoms with Crippen LogP contribution >= 0.6 is 11.8 Å². The van der Waals surface area contributed by atoms with Gasteiger partial charge in [-0.15, -0.1) is 11.8 Å². The largest absolute Gasteiger partial charge is 0.416 e. The van der Waals surface area contributed by atoms with E-state index in [4.69, 9.17) is 0 Å². The van der Waals surface area contributed by atoms with E-state index in [1.165, 1.54) is 23.9 Å². The first-order chi connectivity index (χ1) is 21.4. The maximum atomic E-state index is 13.3. The molecule has 0 saturated carbocycles. The minimum absolute atomic E-state index is 0.0550. The fourth-order valence-electron chi connectivity index (χ4n) is 4.18. The first-order valence-electron chi connectivity index (χ1n) is 14.1. The predicted octanol–water partition coefficient (Wildman–Crippen LogP) is 8.36. The molecule has 1 atom stereocenters. The van der Waals surface area contributed by atoms with Gasteiger partial charge in [0, 0.05) is 21.8 Å². The molecule has 0 spiro atoms. The van der Waals surface area contributed by atoms with E-state index in [1.807, 2.05) is 24.3 Å². The number of anilines is 2. The summed E-state index contributed by atoms with van der Waals surface area (Å²) in [6, 6.07) is 27.5. The number of hydrogen-bond donors (Lipinski definition) is 3. The van der Waals surface area contributed by atoms with Gasteiger partial charge in [-0.25, -0.2) is 0 Å². The molecule has 6 nitrogen and oxygen atoms in total. The van der Waals surface area contributed by atoms with Gasteiger partial charge in [0.1, 0.15) is 5.70 Å². The summed E-state index contributed by atoms with van der Waals surface area (Å²) < 4.78 is 39.0. The highest BCUT2D eigenvalue weighted by Crippen LogP contribution is 2.31. The summed E-state index contributed by atoms with van der Waals surface area (Å²) in [5, 5.41) is 7.42. The first-order valence-corrected chi connectivity index (χ1v) is 15.0. The third-order valence-electron chi connectivity index (χ3n) is 6.69. The van der Waals surface area contributed by atoms with Gasteiger partial charge in [0.25, 0.3) is 11.8 Å². The minimum atomic E-state index is -4.51. The molecule has 3 N–H and O–H groups in total. The lowest BCUT2D eigenvalue weighted by Crippen LogP contribution is -2.30. The summed E-state index contributed by atoms with van der Waals surface area (Å²) in [6.07, 6.45) is -2.91. The molecule has 0 aromatic heterocycles. The Hall–Kier alpha value is -4.83. The molecule has 4 rings (SSSR count). The van der Waals surface area contributed by atoms with Crippen molar-refractivity contribution < 1.29 is 27.6 Å². The molecule has 232 valence electrons. The van der Waals surface area contributed by atoms with Crippen LogP contribution in [-0.2, 0) is 15.8 Å². The Morgan fingerprint density at radius 3 is 2.04 bits per heavy atom. The summed E-state index contributed by atoms with van der Waals surface area (Å²) in [7, 11) is 0. The lowest BCUT2D eigenvalue weighted by atomic mass is 10.0. The number of amides is 3. The van der Waals surface area contributed by atoms with Crippen LogP contribution < -0.4 is 16.0 Å². The van der Waals surface area contributed by atoms with Crippen molar-refractivity contribution in [2.45, 2.75) is 43.0 Å². The second kappa shape index (κ2) is 14.8. The number of rotatable bonds is 10. The molecule has 45 heavy (non-hydrogen) atoms. The number of carbonyl (C=O) groups is 3. The molecule has 0 aliphatic rings. The molecule has 0 bridgehead atoms. The normalized spacial score (nSPS) is 12.4. The van der Waals surface area contributed by atoms with Gasteiger partial charge >= 0.3 is 6.18 Å². The Morgan fingerprint density at radius 2 is 1.42 bits per heavy atom. The number of alkyl halides is 3. The van der Waals surface area contributed by atoms with Crippen LogP contribution in [0, 0.1) is 0 Å². The zero-order valence-electron chi connectivity index (χ0n) is 24.8. The third kappa shape index (κ3) is 9.58. The molecule has 0 radical (unpaired) electrons. The number of nitrogens with one attached hydrogen (secondary N) is 3. The van der Waals surface area contributed by atoms with Crippen LogP contribution in [0.15, 0.2) is 114 Å². The van der Waals surface area contributed by atoms with Gasteiger partial charge in [-0.05, 0) is 84.6 Å². The smallest absolute Gasteiger partial charge is 0.325 e. The summed E-state index contributed by atoms with van der Waals surface area (Å²) in [6.45, 7) is 5.82. The van der Waals surface area contributed by atoms with Gasteiger partial charge in [-0.3, -0.25) is 14.4 Å². The van der Waals surface area contributed by atoms with E-state index in [1.54, 1.807) is 67.6 Å². The highest BCUT2D eigenvalue weighted by atomic mass is 32.2. The van der Waals surface area contributed by atoms with E-state index in [0.29, 0.717) is 22.1 Å². The maximum absolute atomic E-state index is 13.3. The molecular weight excluding hydrogens is 599 g/mol. The Morgan fingerprint density at radius 1 is 0.756 bits per heavy atom. The van der Waals surface area contributed by atoms with Crippen LogP contribution in [0.4, 0.5) is 24.5 Å². The maximum Gasteiger partial charge on any atom is 0.416 e. The fraction of sp³-hybridized carbons (Fsp3) is 0.171. The zero-order chi connectivity index (χ0) is 32.6.